The first kappa shape index (κ1) is 14.9. The highest BCUT2D eigenvalue weighted by Crippen LogP contribution is 2.28. The molecule has 5 nitrogen and oxygen atoms in total. The maximum Gasteiger partial charge on any atom is 0.310 e. The topological polar surface area (TPSA) is 69.4 Å². The Labute approximate surface area is 124 Å². The summed E-state index contributed by atoms with van der Waals surface area (Å²) in [5, 5.41) is 11.1. The Balaban J connectivity index is 2.26. The van der Waals surface area contributed by atoms with E-state index in [1.807, 2.05) is 0 Å². The zero-order valence-electron chi connectivity index (χ0n) is 10.6. The van der Waals surface area contributed by atoms with Crippen molar-refractivity contribution in [3.8, 4) is 5.75 Å². The standard InChI is InChI=1S/C14H9ClFNO4/c15-11-3-2-10(12(16)6-11)8-21-14-5-9(7-18)1-4-13(14)17(19)20/h1-7H,8H2. The molecular formula is C14H9ClFNO4. The highest BCUT2D eigenvalue weighted by molar-refractivity contribution is 6.30. The lowest BCUT2D eigenvalue weighted by molar-refractivity contribution is -0.385. The van der Waals surface area contributed by atoms with Gasteiger partial charge < -0.3 is 4.74 Å². The number of ether oxygens (including phenoxy) is 1. The van der Waals surface area contributed by atoms with Crippen molar-refractivity contribution >= 4 is 23.6 Å². The van der Waals surface area contributed by atoms with Crippen LogP contribution in [-0.2, 0) is 6.61 Å². The van der Waals surface area contributed by atoms with Crippen LogP contribution in [0.1, 0.15) is 15.9 Å². The largest absolute Gasteiger partial charge is 0.482 e. The zero-order chi connectivity index (χ0) is 15.4. The average Bonchev–Trinajstić information content (AvgIpc) is 2.45. The van der Waals surface area contributed by atoms with Crippen molar-refractivity contribution < 1.29 is 18.8 Å². The lowest BCUT2D eigenvalue weighted by Gasteiger charge is -2.08. The van der Waals surface area contributed by atoms with Crippen molar-refractivity contribution in [2.75, 3.05) is 0 Å². The van der Waals surface area contributed by atoms with Gasteiger partial charge in [0.15, 0.2) is 5.75 Å². The van der Waals surface area contributed by atoms with E-state index < -0.39 is 10.7 Å². The van der Waals surface area contributed by atoms with E-state index >= 15 is 0 Å². The first-order valence-corrected chi connectivity index (χ1v) is 6.19. The fourth-order valence-corrected chi connectivity index (χ4v) is 1.82. The van der Waals surface area contributed by atoms with Crippen LogP contribution < -0.4 is 4.74 Å². The van der Waals surface area contributed by atoms with Gasteiger partial charge in [0.05, 0.1) is 4.92 Å². The van der Waals surface area contributed by atoms with E-state index in [1.54, 1.807) is 0 Å². The summed E-state index contributed by atoms with van der Waals surface area (Å²) in [6.07, 6.45) is 0.541. The Bertz CT molecular complexity index is 705. The Hall–Kier alpha value is -2.47. The first-order valence-electron chi connectivity index (χ1n) is 5.81. The Kier molecular flexibility index (Phi) is 4.49. The van der Waals surface area contributed by atoms with Gasteiger partial charge in [-0.15, -0.1) is 0 Å². The molecule has 2 rings (SSSR count). The van der Waals surface area contributed by atoms with Crippen LogP contribution in [0.15, 0.2) is 36.4 Å². The van der Waals surface area contributed by atoms with E-state index in [2.05, 4.69) is 0 Å². The van der Waals surface area contributed by atoms with E-state index in [0.29, 0.717) is 6.29 Å². The Morgan fingerprint density at radius 3 is 2.67 bits per heavy atom. The minimum atomic E-state index is -0.637. The summed E-state index contributed by atoms with van der Waals surface area (Å²) in [7, 11) is 0. The second-order valence-corrected chi connectivity index (χ2v) is 4.56. The van der Waals surface area contributed by atoms with Crippen LogP contribution in [0.3, 0.4) is 0 Å². The summed E-state index contributed by atoms with van der Waals surface area (Å²) < 4.78 is 18.9. The number of nitrogens with zero attached hydrogens (tertiary/aromatic N) is 1. The maximum atomic E-state index is 13.6. The molecule has 0 amide bonds. The molecule has 0 bridgehead atoms. The number of hydrogen-bond donors (Lipinski definition) is 0. The number of carbonyl (C=O) groups excluding carboxylic acids is 1. The van der Waals surface area contributed by atoms with Gasteiger partial charge in [0, 0.05) is 22.2 Å². The van der Waals surface area contributed by atoms with Gasteiger partial charge in [0.25, 0.3) is 0 Å². The predicted molar refractivity (Wildman–Crippen MR) is 74.2 cm³/mol. The first-order chi connectivity index (χ1) is 10.0. The number of benzene rings is 2. The molecule has 0 saturated heterocycles. The number of halogens is 2. The fraction of sp³-hybridized carbons (Fsp3) is 0.0714. The van der Waals surface area contributed by atoms with Crippen LogP contribution >= 0.6 is 11.6 Å². The zero-order valence-corrected chi connectivity index (χ0v) is 11.3. The SMILES string of the molecule is O=Cc1ccc([N+](=O)[O-])c(OCc2ccc(Cl)cc2F)c1. The van der Waals surface area contributed by atoms with Crippen molar-refractivity contribution in [1.82, 2.24) is 0 Å². The summed E-state index contributed by atoms with van der Waals surface area (Å²) in [4.78, 5) is 21.0. The van der Waals surface area contributed by atoms with Crippen molar-refractivity contribution in [2.24, 2.45) is 0 Å². The molecule has 0 N–H and O–H groups in total. The van der Waals surface area contributed by atoms with Crippen LogP contribution in [0.5, 0.6) is 5.75 Å². The molecule has 7 heteroatoms. The van der Waals surface area contributed by atoms with Crippen molar-refractivity contribution in [1.29, 1.82) is 0 Å². The number of hydrogen-bond acceptors (Lipinski definition) is 4. The van der Waals surface area contributed by atoms with E-state index in [-0.39, 0.29) is 34.2 Å². The smallest absolute Gasteiger partial charge is 0.310 e. The molecule has 0 unspecified atom stereocenters. The summed E-state index contributed by atoms with van der Waals surface area (Å²) in [5.74, 6) is -0.671. The normalized spacial score (nSPS) is 10.2. The van der Waals surface area contributed by atoms with E-state index in [4.69, 9.17) is 16.3 Å². The van der Waals surface area contributed by atoms with Gasteiger partial charge >= 0.3 is 5.69 Å². The quantitative estimate of drug-likeness (QED) is 0.479. The lowest BCUT2D eigenvalue weighted by Crippen LogP contribution is -2.01. The second-order valence-electron chi connectivity index (χ2n) is 4.13. The summed E-state index contributed by atoms with van der Waals surface area (Å²) >= 11 is 5.63. The molecule has 0 aliphatic rings. The summed E-state index contributed by atoms with van der Waals surface area (Å²) in [6.45, 7) is -0.216. The van der Waals surface area contributed by atoms with Crippen molar-refractivity contribution in [3.05, 3.63) is 68.5 Å². The second kappa shape index (κ2) is 6.32. The summed E-state index contributed by atoms with van der Waals surface area (Å²) in [6, 6.07) is 7.74. The molecule has 0 radical (unpaired) electrons. The number of rotatable bonds is 5. The van der Waals surface area contributed by atoms with Gasteiger partial charge in [-0.25, -0.2) is 4.39 Å². The molecule has 0 aliphatic heterocycles. The average molecular weight is 310 g/mol. The molecule has 21 heavy (non-hydrogen) atoms. The van der Waals surface area contributed by atoms with Gasteiger partial charge in [-0.3, -0.25) is 14.9 Å². The number of carbonyl (C=O) groups is 1. The number of aldehydes is 1. The number of nitro groups is 1. The third-order valence-electron chi connectivity index (χ3n) is 2.71. The third-order valence-corrected chi connectivity index (χ3v) is 2.95. The highest BCUT2D eigenvalue weighted by atomic mass is 35.5. The van der Waals surface area contributed by atoms with Crippen LogP contribution in [0.2, 0.25) is 5.02 Å². The van der Waals surface area contributed by atoms with Gasteiger partial charge in [0.2, 0.25) is 0 Å². The van der Waals surface area contributed by atoms with Crippen LogP contribution in [0.25, 0.3) is 0 Å². The van der Waals surface area contributed by atoms with Crippen LogP contribution in [-0.4, -0.2) is 11.2 Å². The minimum absolute atomic E-state index is 0.0982. The van der Waals surface area contributed by atoms with E-state index in [0.717, 1.165) is 12.1 Å². The molecule has 0 aliphatic carbocycles. The van der Waals surface area contributed by atoms with Gasteiger partial charge in [-0.1, -0.05) is 17.7 Å². The molecule has 0 aromatic heterocycles. The monoisotopic (exact) mass is 309 g/mol. The molecule has 0 spiro atoms. The molecule has 0 saturated carbocycles. The van der Waals surface area contributed by atoms with Gasteiger partial charge in [-0.05, 0) is 24.3 Å². The van der Waals surface area contributed by atoms with E-state index in [1.165, 1.54) is 24.3 Å². The molecule has 0 heterocycles. The summed E-state index contributed by atoms with van der Waals surface area (Å²) in [5.41, 5.74) is 0.132. The maximum absolute atomic E-state index is 13.6. The van der Waals surface area contributed by atoms with Crippen molar-refractivity contribution in [3.63, 3.8) is 0 Å². The Morgan fingerprint density at radius 2 is 2.05 bits per heavy atom. The molecule has 0 atom stereocenters. The Morgan fingerprint density at radius 1 is 1.29 bits per heavy atom. The van der Waals surface area contributed by atoms with Crippen LogP contribution in [0, 0.1) is 15.9 Å². The van der Waals surface area contributed by atoms with Crippen LogP contribution in [0.4, 0.5) is 10.1 Å². The molecular weight excluding hydrogens is 301 g/mol. The van der Waals surface area contributed by atoms with Gasteiger partial charge in [-0.2, -0.15) is 0 Å². The molecule has 2 aromatic carbocycles. The minimum Gasteiger partial charge on any atom is -0.482 e. The third kappa shape index (κ3) is 3.55. The lowest BCUT2D eigenvalue weighted by atomic mass is 10.2. The molecule has 0 fully saturated rings. The predicted octanol–water partition coefficient (Wildman–Crippen LogP) is 3.78. The van der Waals surface area contributed by atoms with Crippen molar-refractivity contribution in [2.45, 2.75) is 6.61 Å². The molecule has 2 aromatic rings. The molecule has 108 valence electrons. The van der Waals surface area contributed by atoms with Gasteiger partial charge in [0.1, 0.15) is 18.7 Å². The number of nitro benzene ring substituents is 1. The highest BCUT2D eigenvalue weighted by Gasteiger charge is 2.16. The van der Waals surface area contributed by atoms with E-state index in [9.17, 15) is 19.3 Å². The fourth-order valence-electron chi connectivity index (χ4n) is 1.66.